The zero-order valence-corrected chi connectivity index (χ0v) is 11.7. The molecule has 2 rings (SSSR count). The highest BCUT2D eigenvalue weighted by Crippen LogP contribution is 2.09. The van der Waals surface area contributed by atoms with Gasteiger partial charge in [0.1, 0.15) is 5.01 Å². The van der Waals surface area contributed by atoms with Crippen molar-refractivity contribution >= 4 is 23.2 Å². The first kappa shape index (κ1) is 14.2. The summed E-state index contributed by atoms with van der Waals surface area (Å²) in [6.07, 6.45) is 0.303. The molecule has 1 amide bonds. The molecule has 1 aromatic carbocycles. The molecule has 0 saturated heterocycles. The van der Waals surface area contributed by atoms with E-state index in [9.17, 15) is 9.59 Å². The highest BCUT2D eigenvalue weighted by molar-refractivity contribution is 7.09. The number of nitrogens with zero attached hydrogens (tertiary/aromatic N) is 1. The van der Waals surface area contributed by atoms with Gasteiger partial charge in [-0.05, 0) is 12.5 Å². The minimum Gasteiger partial charge on any atom is -0.476 e. The average molecular weight is 290 g/mol. The molecule has 1 aromatic heterocycles. The third-order valence-electron chi connectivity index (χ3n) is 2.69. The Kier molecular flexibility index (Phi) is 4.47. The molecule has 0 radical (unpaired) electrons. The highest BCUT2D eigenvalue weighted by Gasteiger charge is 2.09. The van der Waals surface area contributed by atoms with E-state index in [0.717, 1.165) is 11.1 Å². The number of benzene rings is 1. The molecule has 6 heteroatoms. The lowest BCUT2D eigenvalue weighted by atomic mass is 10.1. The van der Waals surface area contributed by atoms with Crippen LogP contribution in [0.1, 0.15) is 26.6 Å². The topological polar surface area (TPSA) is 79.3 Å². The maximum atomic E-state index is 11.8. The van der Waals surface area contributed by atoms with E-state index in [1.165, 1.54) is 16.7 Å². The SMILES string of the molecule is Cc1ccc(CC(=O)NCc2nc(C(=O)O)cs2)cc1. The molecule has 0 spiro atoms. The monoisotopic (exact) mass is 290 g/mol. The van der Waals surface area contributed by atoms with Crippen molar-refractivity contribution in [3.05, 3.63) is 51.5 Å². The fraction of sp³-hybridized carbons (Fsp3) is 0.214. The second kappa shape index (κ2) is 6.29. The second-order valence-electron chi connectivity index (χ2n) is 4.37. The van der Waals surface area contributed by atoms with Gasteiger partial charge in [-0.25, -0.2) is 9.78 Å². The number of amides is 1. The number of aromatic nitrogens is 1. The number of carboxylic acid groups (broad SMARTS) is 1. The van der Waals surface area contributed by atoms with Crippen LogP contribution in [0, 0.1) is 6.92 Å². The van der Waals surface area contributed by atoms with Gasteiger partial charge in [-0.3, -0.25) is 4.79 Å². The van der Waals surface area contributed by atoms with E-state index in [1.807, 2.05) is 31.2 Å². The number of carboxylic acids is 1. The first-order valence-electron chi connectivity index (χ1n) is 6.04. The van der Waals surface area contributed by atoms with Crippen LogP contribution < -0.4 is 5.32 Å². The Labute approximate surface area is 120 Å². The van der Waals surface area contributed by atoms with Crippen molar-refractivity contribution in [3.63, 3.8) is 0 Å². The summed E-state index contributed by atoms with van der Waals surface area (Å²) < 4.78 is 0. The highest BCUT2D eigenvalue weighted by atomic mass is 32.1. The Balaban J connectivity index is 1.85. The van der Waals surface area contributed by atoms with Gasteiger partial charge in [0.2, 0.25) is 5.91 Å². The van der Waals surface area contributed by atoms with Crippen LogP contribution in [0.15, 0.2) is 29.6 Å². The smallest absolute Gasteiger partial charge is 0.355 e. The molecular formula is C14H14N2O3S. The van der Waals surface area contributed by atoms with Gasteiger partial charge >= 0.3 is 5.97 Å². The zero-order chi connectivity index (χ0) is 14.5. The molecule has 0 aliphatic rings. The Morgan fingerprint density at radius 3 is 2.60 bits per heavy atom. The third-order valence-corrected chi connectivity index (χ3v) is 3.54. The number of rotatable bonds is 5. The second-order valence-corrected chi connectivity index (χ2v) is 5.31. The number of aromatic carboxylic acids is 1. The quantitative estimate of drug-likeness (QED) is 0.883. The molecule has 0 saturated carbocycles. The molecule has 0 aliphatic carbocycles. The van der Waals surface area contributed by atoms with E-state index in [1.54, 1.807) is 0 Å². The molecule has 104 valence electrons. The van der Waals surface area contributed by atoms with Gasteiger partial charge in [0.05, 0.1) is 13.0 Å². The van der Waals surface area contributed by atoms with Crippen molar-refractivity contribution < 1.29 is 14.7 Å². The largest absolute Gasteiger partial charge is 0.476 e. The van der Waals surface area contributed by atoms with Crippen LogP contribution in [0.3, 0.4) is 0 Å². The molecule has 0 fully saturated rings. The van der Waals surface area contributed by atoms with Crippen molar-refractivity contribution in [1.82, 2.24) is 10.3 Å². The number of nitrogens with one attached hydrogen (secondary N) is 1. The van der Waals surface area contributed by atoms with Crippen molar-refractivity contribution in [2.24, 2.45) is 0 Å². The maximum absolute atomic E-state index is 11.8. The summed E-state index contributed by atoms with van der Waals surface area (Å²) in [6, 6.07) is 7.76. The Bertz CT molecular complexity index is 620. The number of hydrogen-bond acceptors (Lipinski definition) is 4. The number of carbonyl (C=O) groups excluding carboxylic acids is 1. The van der Waals surface area contributed by atoms with Crippen LogP contribution in [-0.4, -0.2) is 22.0 Å². The third kappa shape index (κ3) is 3.89. The molecule has 0 unspecified atom stereocenters. The lowest BCUT2D eigenvalue weighted by Crippen LogP contribution is -2.24. The van der Waals surface area contributed by atoms with Crippen LogP contribution in [0.2, 0.25) is 0 Å². The Morgan fingerprint density at radius 1 is 1.30 bits per heavy atom. The lowest BCUT2D eigenvalue weighted by Gasteiger charge is -2.03. The van der Waals surface area contributed by atoms with Gasteiger partial charge in [-0.1, -0.05) is 29.8 Å². The summed E-state index contributed by atoms with van der Waals surface area (Å²) in [5, 5.41) is 13.5. The van der Waals surface area contributed by atoms with Crippen molar-refractivity contribution in [2.75, 3.05) is 0 Å². The first-order valence-corrected chi connectivity index (χ1v) is 6.92. The van der Waals surface area contributed by atoms with Gasteiger partial charge < -0.3 is 10.4 Å². The van der Waals surface area contributed by atoms with Crippen molar-refractivity contribution in [2.45, 2.75) is 19.9 Å². The summed E-state index contributed by atoms with van der Waals surface area (Å²) in [4.78, 5) is 26.3. The first-order chi connectivity index (χ1) is 9.54. The Morgan fingerprint density at radius 2 is 2.00 bits per heavy atom. The minimum atomic E-state index is -1.06. The number of aryl methyl sites for hydroxylation is 1. The van der Waals surface area contributed by atoms with Gasteiger partial charge in [0, 0.05) is 5.38 Å². The standard InChI is InChI=1S/C14H14N2O3S/c1-9-2-4-10(5-3-9)6-12(17)15-7-13-16-11(8-20-13)14(18)19/h2-5,8H,6-7H2,1H3,(H,15,17)(H,18,19). The van der Waals surface area contributed by atoms with E-state index >= 15 is 0 Å². The van der Waals surface area contributed by atoms with Crippen LogP contribution >= 0.6 is 11.3 Å². The minimum absolute atomic E-state index is 0.0118. The Hall–Kier alpha value is -2.21. The van der Waals surface area contributed by atoms with Crippen molar-refractivity contribution in [3.8, 4) is 0 Å². The molecule has 0 bridgehead atoms. The normalized spacial score (nSPS) is 10.2. The molecule has 0 aliphatic heterocycles. The van der Waals surface area contributed by atoms with Crippen molar-refractivity contribution in [1.29, 1.82) is 0 Å². The van der Waals surface area contributed by atoms with Crippen LogP contribution in [0.25, 0.3) is 0 Å². The van der Waals surface area contributed by atoms with Gasteiger partial charge in [0.15, 0.2) is 5.69 Å². The summed E-state index contributed by atoms with van der Waals surface area (Å²) >= 11 is 1.22. The summed E-state index contributed by atoms with van der Waals surface area (Å²) in [7, 11) is 0. The van der Waals surface area contributed by atoms with E-state index in [2.05, 4.69) is 10.3 Å². The van der Waals surface area contributed by atoms with Gasteiger partial charge in [-0.2, -0.15) is 0 Å². The van der Waals surface area contributed by atoms with Gasteiger partial charge in [-0.15, -0.1) is 11.3 Å². The van der Waals surface area contributed by atoms with Crippen LogP contribution in [0.5, 0.6) is 0 Å². The molecule has 0 atom stereocenters. The van der Waals surface area contributed by atoms with E-state index < -0.39 is 5.97 Å². The summed E-state index contributed by atoms with van der Waals surface area (Å²) in [5.41, 5.74) is 2.11. The van der Waals surface area contributed by atoms with E-state index in [0.29, 0.717) is 11.4 Å². The molecule has 1 heterocycles. The molecule has 2 N–H and O–H groups in total. The fourth-order valence-corrected chi connectivity index (χ4v) is 2.33. The average Bonchev–Trinajstić information content (AvgIpc) is 2.88. The number of carbonyl (C=O) groups is 2. The fourth-order valence-electron chi connectivity index (χ4n) is 1.62. The van der Waals surface area contributed by atoms with E-state index in [4.69, 9.17) is 5.11 Å². The number of hydrogen-bond donors (Lipinski definition) is 2. The van der Waals surface area contributed by atoms with E-state index in [-0.39, 0.29) is 18.1 Å². The molecular weight excluding hydrogens is 276 g/mol. The molecule has 20 heavy (non-hydrogen) atoms. The summed E-state index contributed by atoms with van der Waals surface area (Å²) in [5.74, 6) is -1.17. The predicted octanol–water partition coefficient (Wildman–Crippen LogP) is 2.01. The summed E-state index contributed by atoms with van der Waals surface area (Å²) in [6.45, 7) is 2.25. The maximum Gasteiger partial charge on any atom is 0.355 e. The van der Waals surface area contributed by atoms with Crippen LogP contribution in [-0.2, 0) is 17.8 Å². The number of thiazole rings is 1. The lowest BCUT2D eigenvalue weighted by molar-refractivity contribution is -0.120. The van der Waals surface area contributed by atoms with Gasteiger partial charge in [0.25, 0.3) is 0 Å². The molecule has 5 nitrogen and oxygen atoms in total. The molecule has 2 aromatic rings. The van der Waals surface area contributed by atoms with Crippen LogP contribution in [0.4, 0.5) is 0 Å². The predicted molar refractivity (Wildman–Crippen MR) is 75.8 cm³/mol. The zero-order valence-electron chi connectivity index (χ0n) is 10.9.